The molecular weight excluding hydrogens is 227 g/mol. The second-order valence-electron chi connectivity index (χ2n) is 5.13. The van der Waals surface area contributed by atoms with Gasteiger partial charge in [-0.25, -0.2) is 4.39 Å². The molecule has 2 nitrogen and oxygen atoms in total. The van der Waals surface area contributed by atoms with Crippen LogP contribution in [0.15, 0.2) is 24.3 Å². The van der Waals surface area contributed by atoms with Crippen LogP contribution < -0.4 is 5.32 Å². The van der Waals surface area contributed by atoms with Gasteiger partial charge in [-0.2, -0.15) is 0 Å². The molecule has 1 saturated heterocycles. The van der Waals surface area contributed by atoms with Gasteiger partial charge < -0.3 is 10.2 Å². The van der Waals surface area contributed by atoms with Crippen molar-refractivity contribution in [1.82, 2.24) is 4.90 Å². The van der Waals surface area contributed by atoms with Gasteiger partial charge in [-0.1, -0.05) is 19.4 Å². The van der Waals surface area contributed by atoms with E-state index in [9.17, 15) is 4.39 Å². The number of nitrogens with zero attached hydrogens (tertiary/aromatic N) is 1. The Hall–Kier alpha value is -1.09. The molecule has 1 aliphatic heterocycles. The zero-order chi connectivity index (χ0) is 12.8. The van der Waals surface area contributed by atoms with Crippen molar-refractivity contribution in [2.45, 2.75) is 26.2 Å². The summed E-state index contributed by atoms with van der Waals surface area (Å²) in [5.74, 6) is 0.751. The Labute approximate surface area is 109 Å². The molecule has 1 heterocycles. The van der Waals surface area contributed by atoms with Crippen molar-refractivity contribution in [2.24, 2.45) is 5.92 Å². The molecule has 0 unspecified atom stereocenters. The van der Waals surface area contributed by atoms with E-state index < -0.39 is 0 Å². The first kappa shape index (κ1) is 13.3. The molecule has 1 aliphatic rings. The highest BCUT2D eigenvalue weighted by atomic mass is 19.1. The molecule has 1 aromatic carbocycles. The van der Waals surface area contributed by atoms with E-state index >= 15 is 0 Å². The zero-order valence-corrected chi connectivity index (χ0v) is 11.2. The first-order chi connectivity index (χ1) is 8.78. The first-order valence-corrected chi connectivity index (χ1v) is 6.99. The molecule has 18 heavy (non-hydrogen) atoms. The van der Waals surface area contributed by atoms with Crippen LogP contribution in [0.2, 0.25) is 0 Å². The lowest BCUT2D eigenvalue weighted by molar-refractivity contribution is 0.187. The van der Waals surface area contributed by atoms with Crippen molar-refractivity contribution in [3.8, 4) is 0 Å². The number of hydrogen-bond acceptors (Lipinski definition) is 2. The van der Waals surface area contributed by atoms with Crippen LogP contribution in [0.5, 0.6) is 0 Å². The average Bonchev–Trinajstić information content (AvgIpc) is 2.40. The van der Waals surface area contributed by atoms with Crippen molar-refractivity contribution in [2.75, 3.05) is 31.5 Å². The standard InChI is InChI=1S/C15H23FN2/c1-2-13-6-9-18(10-7-13)11-8-17-15-5-3-4-14(16)12-15/h3-5,12-13,17H,2,6-11H2,1H3. The maximum atomic E-state index is 13.0. The van der Waals surface area contributed by atoms with Crippen molar-refractivity contribution in [1.29, 1.82) is 0 Å². The number of hydrogen-bond donors (Lipinski definition) is 1. The van der Waals surface area contributed by atoms with Crippen LogP contribution in [0.3, 0.4) is 0 Å². The molecule has 0 spiro atoms. The van der Waals surface area contributed by atoms with E-state index in [1.54, 1.807) is 12.1 Å². The lowest BCUT2D eigenvalue weighted by Gasteiger charge is -2.31. The summed E-state index contributed by atoms with van der Waals surface area (Å²) >= 11 is 0. The summed E-state index contributed by atoms with van der Waals surface area (Å²) in [7, 11) is 0. The van der Waals surface area contributed by atoms with Gasteiger partial charge in [0, 0.05) is 18.8 Å². The van der Waals surface area contributed by atoms with Crippen molar-refractivity contribution < 1.29 is 4.39 Å². The van der Waals surface area contributed by atoms with E-state index in [0.717, 1.165) is 24.7 Å². The third-order valence-corrected chi connectivity index (χ3v) is 3.87. The highest BCUT2D eigenvalue weighted by molar-refractivity contribution is 5.42. The van der Waals surface area contributed by atoms with Gasteiger partial charge in [-0.15, -0.1) is 0 Å². The minimum absolute atomic E-state index is 0.177. The molecule has 0 aromatic heterocycles. The van der Waals surface area contributed by atoms with E-state index in [4.69, 9.17) is 0 Å². The maximum absolute atomic E-state index is 13.0. The molecule has 100 valence electrons. The fourth-order valence-corrected chi connectivity index (χ4v) is 2.58. The number of anilines is 1. The molecule has 1 N–H and O–H groups in total. The van der Waals surface area contributed by atoms with Crippen molar-refractivity contribution >= 4 is 5.69 Å². The zero-order valence-electron chi connectivity index (χ0n) is 11.2. The first-order valence-electron chi connectivity index (χ1n) is 6.99. The molecule has 0 radical (unpaired) electrons. The smallest absolute Gasteiger partial charge is 0.125 e. The number of rotatable bonds is 5. The van der Waals surface area contributed by atoms with Crippen molar-refractivity contribution in [3.63, 3.8) is 0 Å². The third-order valence-electron chi connectivity index (χ3n) is 3.87. The third kappa shape index (κ3) is 3.98. The molecule has 0 atom stereocenters. The molecule has 0 bridgehead atoms. The molecule has 0 amide bonds. The van der Waals surface area contributed by atoms with Gasteiger partial charge in [0.1, 0.15) is 5.82 Å². The van der Waals surface area contributed by atoms with Crippen LogP contribution in [0, 0.1) is 11.7 Å². The highest BCUT2D eigenvalue weighted by Crippen LogP contribution is 2.19. The second kappa shape index (κ2) is 6.74. The average molecular weight is 250 g/mol. The Morgan fingerprint density at radius 3 is 2.78 bits per heavy atom. The number of piperidine rings is 1. The van der Waals surface area contributed by atoms with Crippen LogP contribution in [0.1, 0.15) is 26.2 Å². The van der Waals surface area contributed by atoms with E-state index in [2.05, 4.69) is 17.1 Å². The largest absolute Gasteiger partial charge is 0.384 e. The van der Waals surface area contributed by atoms with E-state index in [-0.39, 0.29) is 5.82 Å². The van der Waals surface area contributed by atoms with Gasteiger partial charge in [-0.3, -0.25) is 0 Å². The summed E-state index contributed by atoms with van der Waals surface area (Å²) in [6.45, 7) is 6.64. The van der Waals surface area contributed by atoms with E-state index in [1.807, 2.05) is 6.07 Å². The molecule has 0 aliphatic carbocycles. The Morgan fingerprint density at radius 1 is 1.33 bits per heavy atom. The SMILES string of the molecule is CCC1CCN(CCNc2cccc(F)c2)CC1. The van der Waals surface area contributed by atoms with Crippen molar-refractivity contribution in [3.05, 3.63) is 30.1 Å². The van der Waals surface area contributed by atoms with Crippen LogP contribution in [-0.4, -0.2) is 31.1 Å². The fourth-order valence-electron chi connectivity index (χ4n) is 2.58. The maximum Gasteiger partial charge on any atom is 0.125 e. The summed E-state index contributed by atoms with van der Waals surface area (Å²) in [5, 5.41) is 3.28. The Kier molecular flexibility index (Phi) is 5.00. The Morgan fingerprint density at radius 2 is 2.11 bits per heavy atom. The lowest BCUT2D eigenvalue weighted by atomic mass is 9.94. The lowest BCUT2D eigenvalue weighted by Crippen LogP contribution is -2.36. The monoisotopic (exact) mass is 250 g/mol. The van der Waals surface area contributed by atoms with Gasteiger partial charge in [-0.05, 0) is 50.0 Å². The summed E-state index contributed by atoms with van der Waals surface area (Å²) in [6.07, 6.45) is 3.97. The van der Waals surface area contributed by atoms with Crippen LogP contribution in [0.25, 0.3) is 0 Å². The predicted molar refractivity (Wildman–Crippen MR) is 74.3 cm³/mol. The van der Waals surface area contributed by atoms with E-state index in [1.165, 1.54) is 38.4 Å². The fraction of sp³-hybridized carbons (Fsp3) is 0.600. The summed E-state index contributed by atoms with van der Waals surface area (Å²) in [6, 6.07) is 6.67. The van der Waals surface area contributed by atoms with Crippen LogP contribution in [0.4, 0.5) is 10.1 Å². The summed E-state index contributed by atoms with van der Waals surface area (Å²) in [4.78, 5) is 2.50. The van der Waals surface area contributed by atoms with Gasteiger partial charge in [0.25, 0.3) is 0 Å². The quantitative estimate of drug-likeness (QED) is 0.862. The molecular formula is C15H23FN2. The number of nitrogens with one attached hydrogen (secondary N) is 1. The van der Waals surface area contributed by atoms with Gasteiger partial charge in [0.2, 0.25) is 0 Å². The molecule has 1 aromatic rings. The molecule has 2 rings (SSSR count). The molecule has 3 heteroatoms. The van der Waals surface area contributed by atoms with Gasteiger partial charge in [0.05, 0.1) is 0 Å². The van der Waals surface area contributed by atoms with Crippen LogP contribution >= 0.6 is 0 Å². The Balaban J connectivity index is 1.67. The van der Waals surface area contributed by atoms with Gasteiger partial charge >= 0.3 is 0 Å². The minimum atomic E-state index is -0.177. The van der Waals surface area contributed by atoms with E-state index in [0.29, 0.717) is 0 Å². The second-order valence-corrected chi connectivity index (χ2v) is 5.13. The summed E-state index contributed by atoms with van der Waals surface area (Å²) < 4.78 is 13.0. The number of benzene rings is 1. The minimum Gasteiger partial charge on any atom is -0.384 e. The molecule has 1 fully saturated rings. The summed E-state index contributed by atoms with van der Waals surface area (Å²) in [5.41, 5.74) is 0.874. The Bertz CT molecular complexity index is 359. The molecule has 0 saturated carbocycles. The highest BCUT2D eigenvalue weighted by Gasteiger charge is 2.16. The normalized spacial score (nSPS) is 17.9. The number of halogens is 1. The predicted octanol–water partition coefficient (Wildman–Crippen LogP) is 3.36. The van der Waals surface area contributed by atoms with Crippen LogP contribution in [-0.2, 0) is 0 Å². The topological polar surface area (TPSA) is 15.3 Å². The van der Waals surface area contributed by atoms with Gasteiger partial charge in [0.15, 0.2) is 0 Å². The number of likely N-dealkylation sites (tertiary alicyclic amines) is 1.